The zero-order chi connectivity index (χ0) is 21.0. The zero-order valence-corrected chi connectivity index (χ0v) is 17.3. The fourth-order valence-electron chi connectivity index (χ4n) is 2.68. The molecule has 3 aromatic carbocycles. The Kier molecular flexibility index (Phi) is 6.04. The molecule has 0 atom stereocenters. The second-order valence-corrected chi connectivity index (χ2v) is 8.14. The predicted octanol–water partition coefficient (Wildman–Crippen LogP) is 6.11. The lowest BCUT2D eigenvalue weighted by Gasteiger charge is -2.18. The topological polar surface area (TPSA) is 55.4 Å². The molecule has 0 fully saturated rings. The number of carbonyl (C=O) groups is 2. The third kappa shape index (κ3) is 5.46. The van der Waals surface area contributed by atoms with Crippen LogP contribution >= 0.6 is 11.6 Å². The number of benzene rings is 3. The van der Waals surface area contributed by atoms with Crippen molar-refractivity contribution in [2.45, 2.75) is 26.2 Å². The van der Waals surface area contributed by atoms with Gasteiger partial charge in [-0.05, 0) is 71.6 Å². The highest BCUT2D eigenvalue weighted by molar-refractivity contribution is 6.30. The molecule has 1 N–H and O–H groups in total. The van der Waals surface area contributed by atoms with Gasteiger partial charge < -0.3 is 10.1 Å². The highest BCUT2D eigenvalue weighted by atomic mass is 35.5. The van der Waals surface area contributed by atoms with Crippen molar-refractivity contribution >= 4 is 29.2 Å². The number of hydrogen-bond donors (Lipinski definition) is 1. The minimum absolute atomic E-state index is 0.0187. The molecule has 0 aliphatic rings. The molecular formula is C24H22ClNO3. The maximum Gasteiger partial charge on any atom is 0.343 e. The van der Waals surface area contributed by atoms with E-state index in [1.807, 2.05) is 12.1 Å². The molecule has 4 nitrogen and oxygen atoms in total. The summed E-state index contributed by atoms with van der Waals surface area (Å²) in [7, 11) is 0. The maximum absolute atomic E-state index is 12.4. The first-order valence-electron chi connectivity index (χ1n) is 9.22. The normalized spacial score (nSPS) is 11.0. The second-order valence-electron chi connectivity index (χ2n) is 7.70. The smallest absolute Gasteiger partial charge is 0.343 e. The molecule has 0 radical (unpaired) electrons. The summed E-state index contributed by atoms with van der Waals surface area (Å²) in [5.41, 5.74) is 2.74. The summed E-state index contributed by atoms with van der Waals surface area (Å²) >= 11 is 5.84. The molecule has 0 aliphatic heterocycles. The summed E-state index contributed by atoms with van der Waals surface area (Å²) in [4.78, 5) is 24.7. The molecule has 0 saturated carbocycles. The predicted molar refractivity (Wildman–Crippen MR) is 116 cm³/mol. The number of amides is 1. The first-order chi connectivity index (χ1) is 13.7. The molecule has 3 aromatic rings. The van der Waals surface area contributed by atoms with Crippen molar-refractivity contribution < 1.29 is 14.3 Å². The van der Waals surface area contributed by atoms with Crippen LogP contribution in [0.3, 0.4) is 0 Å². The Morgan fingerprint density at radius 3 is 1.90 bits per heavy atom. The van der Waals surface area contributed by atoms with Gasteiger partial charge in [0.15, 0.2) is 0 Å². The summed E-state index contributed by atoms with van der Waals surface area (Å²) in [5.74, 6) is -0.329. The standard InChI is InChI=1S/C24H22ClNO3/c1-24(2,3)18-8-4-17(5-9-18)23(28)29-21-14-6-16(7-15-21)22(27)26-20-12-10-19(25)11-13-20/h4-15H,1-3H3,(H,26,27). The van der Waals surface area contributed by atoms with Gasteiger partial charge in [-0.15, -0.1) is 0 Å². The first kappa shape index (κ1) is 20.6. The number of esters is 1. The summed E-state index contributed by atoms with van der Waals surface area (Å²) in [6.45, 7) is 6.35. The van der Waals surface area contributed by atoms with Crippen LogP contribution in [0.15, 0.2) is 72.8 Å². The molecule has 5 heteroatoms. The van der Waals surface area contributed by atoms with E-state index in [0.717, 1.165) is 5.56 Å². The zero-order valence-electron chi connectivity index (χ0n) is 16.5. The Morgan fingerprint density at radius 2 is 1.34 bits per heavy atom. The van der Waals surface area contributed by atoms with Gasteiger partial charge in [0.1, 0.15) is 5.75 Å². The van der Waals surface area contributed by atoms with E-state index in [9.17, 15) is 9.59 Å². The molecule has 0 aromatic heterocycles. The van der Waals surface area contributed by atoms with Gasteiger partial charge in [0.05, 0.1) is 5.56 Å². The molecule has 0 heterocycles. The van der Waals surface area contributed by atoms with Crippen molar-refractivity contribution in [1.29, 1.82) is 0 Å². The van der Waals surface area contributed by atoms with Crippen LogP contribution in [0.5, 0.6) is 5.75 Å². The van der Waals surface area contributed by atoms with Crippen LogP contribution in [0.25, 0.3) is 0 Å². The van der Waals surface area contributed by atoms with Gasteiger partial charge >= 0.3 is 5.97 Å². The van der Waals surface area contributed by atoms with Crippen molar-refractivity contribution in [3.8, 4) is 5.75 Å². The lowest BCUT2D eigenvalue weighted by molar-refractivity contribution is 0.0734. The molecule has 0 bridgehead atoms. The third-order valence-electron chi connectivity index (χ3n) is 4.42. The minimum Gasteiger partial charge on any atom is -0.423 e. The minimum atomic E-state index is -0.441. The van der Waals surface area contributed by atoms with Crippen molar-refractivity contribution in [2.75, 3.05) is 5.32 Å². The van der Waals surface area contributed by atoms with E-state index in [-0.39, 0.29) is 11.3 Å². The first-order valence-corrected chi connectivity index (χ1v) is 9.60. The van der Waals surface area contributed by atoms with Crippen molar-refractivity contribution in [2.24, 2.45) is 0 Å². The Balaban J connectivity index is 1.63. The van der Waals surface area contributed by atoms with E-state index in [0.29, 0.717) is 27.6 Å². The Hall–Kier alpha value is -3.11. The monoisotopic (exact) mass is 407 g/mol. The fraction of sp³-hybridized carbons (Fsp3) is 0.167. The Labute approximate surface area is 175 Å². The van der Waals surface area contributed by atoms with Gasteiger partial charge in [-0.25, -0.2) is 4.79 Å². The van der Waals surface area contributed by atoms with E-state index >= 15 is 0 Å². The van der Waals surface area contributed by atoms with Crippen molar-refractivity contribution in [1.82, 2.24) is 0 Å². The third-order valence-corrected chi connectivity index (χ3v) is 4.67. The van der Waals surface area contributed by atoms with Gasteiger partial charge in [0, 0.05) is 16.3 Å². The van der Waals surface area contributed by atoms with E-state index < -0.39 is 5.97 Å². The highest BCUT2D eigenvalue weighted by Gasteiger charge is 2.15. The number of carbonyl (C=O) groups excluding carboxylic acids is 2. The molecule has 3 rings (SSSR count). The van der Waals surface area contributed by atoms with E-state index in [2.05, 4.69) is 26.1 Å². The van der Waals surface area contributed by atoms with Crippen LogP contribution < -0.4 is 10.1 Å². The van der Waals surface area contributed by atoms with Crippen LogP contribution in [0.2, 0.25) is 5.02 Å². The van der Waals surface area contributed by atoms with Gasteiger partial charge in [-0.3, -0.25) is 4.79 Å². The quantitative estimate of drug-likeness (QED) is 0.419. The van der Waals surface area contributed by atoms with E-state index in [4.69, 9.17) is 16.3 Å². The number of ether oxygens (including phenoxy) is 1. The number of anilines is 1. The molecule has 0 unspecified atom stereocenters. The molecule has 0 spiro atoms. The van der Waals surface area contributed by atoms with Crippen LogP contribution in [-0.2, 0) is 5.41 Å². The maximum atomic E-state index is 12.4. The van der Waals surface area contributed by atoms with Crippen LogP contribution in [-0.4, -0.2) is 11.9 Å². The average molecular weight is 408 g/mol. The van der Waals surface area contributed by atoms with Crippen molar-refractivity contribution in [3.63, 3.8) is 0 Å². The molecule has 1 amide bonds. The lowest BCUT2D eigenvalue weighted by atomic mass is 9.87. The van der Waals surface area contributed by atoms with Gasteiger partial charge in [0.25, 0.3) is 5.91 Å². The van der Waals surface area contributed by atoms with E-state index in [1.54, 1.807) is 60.7 Å². The summed E-state index contributed by atoms with van der Waals surface area (Å²) in [6, 6.07) is 20.6. The van der Waals surface area contributed by atoms with E-state index in [1.165, 1.54) is 0 Å². The largest absolute Gasteiger partial charge is 0.423 e. The molecule has 29 heavy (non-hydrogen) atoms. The fourth-order valence-corrected chi connectivity index (χ4v) is 2.81. The average Bonchev–Trinajstić information content (AvgIpc) is 2.69. The van der Waals surface area contributed by atoms with Gasteiger partial charge in [-0.1, -0.05) is 44.5 Å². The van der Waals surface area contributed by atoms with Crippen LogP contribution in [0, 0.1) is 0 Å². The highest BCUT2D eigenvalue weighted by Crippen LogP contribution is 2.23. The summed E-state index contributed by atoms with van der Waals surface area (Å²) < 4.78 is 5.41. The summed E-state index contributed by atoms with van der Waals surface area (Å²) in [6.07, 6.45) is 0. The Bertz CT molecular complexity index is 1000. The number of halogens is 1. The molecule has 0 aliphatic carbocycles. The molecule has 0 saturated heterocycles. The van der Waals surface area contributed by atoms with Crippen LogP contribution in [0.1, 0.15) is 47.1 Å². The summed E-state index contributed by atoms with van der Waals surface area (Å²) in [5, 5.41) is 3.38. The van der Waals surface area contributed by atoms with Gasteiger partial charge in [0.2, 0.25) is 0 Å². The molecule has 148 valence electrons. The SMILES string of the molecule is CC(C)(C)c1ccc(C(=O)Oc2ccc(C(=O)Nc3ccc(Cl)cc3)cc2)cc1. The van der Waals surface area contributed by atoms with Crippen LogP contribution in [0.4, 0.5) is 5.69 Å². The second kappa shape index (κ2) is 8.50. The number of hydrogen-bond acceptors (Lipinski definition) is 3. The van der Waals surface area contributed by atoms with Gasteiger partial charge in [-0.2, -0.15) is 0 Å². The molecular weight excluding hydrogens is 386 g/mol. The number of rotatable bonds is 4. The van der Waals surface area contributed by atoms with Crippen molar-refractivity contribution in [3.05, 3.63) is 94.5 Å². The lowest BCUT2D eigenvalue weighted by Crippen LogP contribution is -2.13. The Morgan fingerprint density at radius 1 is 0.793 bits per heavy atom. The number of nitrogens with one attached hydrogen (secondary N) is 1.